The van der Waals surface area contributed by atoms with Gasteiger partial charge < -0.3 is 30.9 Å². The highest BCUT2D eigenvalue weighted by atomic mass is 32.2. The van der Waals surface area contributed by atoms with Crippen LogP contribution in [0, 0.1) is 0 Å². The van der Waals surface area contributed by atoms with Crippen LogP contribution in [0.3, 0.4) is 0 Å². The fraction of sp³-hybridized carbons (Fsp3) is 0.350. The van der Waals surface area contributed by atoms with Crippen molar-refractivity contribution < 1.29 is 38.9 Å². The van der Waals surface area contributed by atoms with Gasteiger partial charge in [-0.1, -0.05) is 12.1 Å². The highest BCUT2D eigenvalue weighted by Crippen LogP contribution is 2.43. The molecule has 12 nitrogen and oxygen atoms in total. The van der Waals surface area contributed by atoms with Gasteiger partial charge in [0.15, 0.2) is 0 Å². The Morgan fingerprint density at radius 2 is 1.91 bits per heavy atom. The number of nitrogens with one attached hydrogen (secondary N) is 3. The summed E-state index contributed by atoms with van der Waals surface area (Å²) in [6, 6.07) is 4.22. The first-order chi connectivity index (χ1) is 15.6. The van der Waals surface area contributed by atoms with E-state index < -0.39 is 41.0 Å². The lowest BCUT2D eigenvalue weighted by Crippen LogP contribution is -2.86. The third-order valence-corrected chi connectivity index (χ3v) is 6.09. The number of urea groups is 1. The first-order valence-electron chi connectivity index (χ1n) is 9.78. The Kier molecular flexibility index (Phi) is 6.81. The first-order valence-corrected chi connectivity index (χ1v) is 10.8. The molecule has 2 aliphatic heterocycles. The maximum absolute atomic E-state index is 13.2. The number of hydrogen-bond acceptors (Lipinski definition) is 8. The predicted octanol–water partition coefficient (Wildman–Crippen LogP) is 0.0100. The van der Waals surface area contributed by atoms with E-state index in [1.54, 1.807) is 13.8 Å². The SMILES string of the molecule is CC(C)NC(=O)NC1(NC(=O)C(OC=O)c2ccc(O)cc2)C(=O)N2C(C(=O)O)=CCS[C@H]21. The van der Waals surface area contributed by atoms with Crippen molar-refractivity contribution >= 4 is 42.0 Å². The van der Waals surface area contributed by atoms with Gasteiger partial charge in [0.05, 0.1) is 0 Å². The molecular formula is C20H22N4O8S. The molecule has 0 bridgehead atoms. The number of phenols is 1. The Balaban J connectivity index is 1.94. The summed E-state index contributed by atoms with van der Waals surface area (Å²) in [4.78, 5) is 62.3. The number of carbonyl (C=O) groups excluding carboxylic acids is 4. The highest BCUT2D eigenvalue weighted by Gasteiger charge is 2.66. The number of carboxylic acids is 1. The van der Waals surface area contributed by atoms with Gasteiger partial charge in [-0.15, -0.1) is 11.8 Å². The maximum atomic E-state index is 13.2. The zero-order valence-corrected chi connectivity index (χ0v) is 18.4. The molecule has 0 spiro atoms. The summed E-state index contributed by atoms with van der Waals surface area (Å²) in [5.41, 5.74) is -2.05. The molecule has 2 unspecified atom stereocenters. The van der Waals surface area contributed by atoms with Crippen LogP contribution < -0.4 is 16.0 Å². The number of β-lactam (4-membered cyclic amide) rings is 1. The molecule has 1 saturated heterocycles. The topological polar surface area (TPSA) is 174 Å². The molecule has 0 aromatic heterocycles. The van der Waals surface area contributed by atoms with E-state index in [9.17, 15) is 34.2 Å². The largest absolute Gasteiger partial charge is 0.508 e. The number of aliphatic carboxylic acids is 1. The number of rotatable bonds is 8. The molecule has 0 aliphatic carbocycles. The summed E-state index contributed by atoms with van der Waals surface area (Å²) in [5.74, 6) is -2.99. The molecule has 2 heterocycles. The lowest BCUT2D eigenvalue weighted by molar-refractivity contribution is -0.163. The average molecular weight is 478 g/mol. The van der Waals surface area contributed by atoms with Gasteiger partial charge in [-0.2, -0.15) is 0 Å². The first kappa shape index (κ1) is 23.9. The molecular weight excluding hydrogens is 456 g/mol. The van der Waals surface area contributed by atoms with Gasteiger partial charge in [-0.3, -0.25) is 19.3 Å². The van der Waals surface area contributed by atoms with Gasteiger partial charge in [0.1, 0.15) is 16.8 Å². The molecule has 0 saturated carbocycles. The normalized spacial score (nSPS) is 22.3. The lowest BCUT2D eigenvalue weighted by atomic mass is 9.95. The van der Waals surface area contributed by atoms with Gasteiger partial charge in [-0.25, -0.2) is 9.59 Å². The Bertz CT molecular complexity index is 1010. The van der Waals surface area contributed by atoms with Crippen LogP contribution >= 0.6 is 11.8 Å². The third kappa shape index (κ3) is 4.58. The number of carboxylic acid groups (broad SMARTS) is 1. The third-order valence-electron chi connectivity index (χ3n) is 4.85. The number of amides is 4. The standard InChI is InChI=1S/C20H22N4O8S/c1-10(2)21-19(31)23-20(17(30)24-13(16(28)29)7-8-33-18(20)24)22-15(27)14(32-9-25)11-3-5-12(26)6-4-11/h3-7,9-10,14,18,26H,8H2,1-2H3,(H,22,27)(H,28,29)(H2,21,23,31)/t14?,18-,20?/m0/s1. The number of nitrogens with zero attached hydrogens (tertiary/aromatic N) is 1. The van der Waals surface area contributed by atoms with E-state index in [4.69, 9.17) is 4.74 Å². The van der Waals surface area contributed by atoms with Crippen LogP contribution in [0.1, 0.15) is 25.5 Å². The van der Waals surface area contributed by atoms with Crippen LogP contribution in [0.25, 0.3) is 0 Å². The number of thioether (sulfide) groups is 1. The van der Waals surface area contributed by atoms with E-state index in [1.165, 1.54) is 30.3 Å². The number of hydrogen-bond donors (Lipinski definition) is 5. The summed E-state index contributed by atoms with van der Waals surface area (Å²) < 4.78 is 4.90. The molecule has 4 amide bonds. The van der Waals surface area contributed by atoms with Gasteiger partial charge in [0.25, 0.3) is 18.3 Å². The van der Waals surface area contributed by atoms with Crippen molar-refractivity contribution in [3.8, 4) is 5.75 Å². The van der Waals surface area contributed by atoms with Crippen molar-refractivity contribution in [1.82, 2.24) is 20.9 Å². The number of fused-ring (bicyclic) bond motifs is 1. The van der Waals surface area contributed by atoms with Gasteiger partial charge in [-0.05, 0) is 32.1 Å². The molecule has 3 atom stereocenters. The molecule has 1 aromatic rings. The molecule has 33 heavy (non-hydrogen) atoms. The van der Waals surface area contributed by atoms with Crippen LogP contribution in [0.15, 0.2) is 36.0 Å². The molecule has 1 fully saturated rings. The molecule has 5 N–H and O–H groups in total. The summed E-state index contributed by atoms with van der Waals surface area (Å²) >= 11 is 1.14. The summed E-state index contributed by atoms with van der Waals surface area (Å²) in [6.45, 7) is 3.44. The minimum Gasteiger partial charge on any atom is -0.508 e. The van der Waals surface area contributed by atoms with E-state index in [-0.39, 0.29) is 35.3 Å². The average Bonchev–Trinajstić information content (AvgIpc) is 2.76. The minimum absolute atomic E-state index is 0.0538. The van der Waals surface area contributed by atoms with Crippen molar-refractivity contribution in [2.45, 2.75) is 37.0 Å². The van der Waals surface area contributed by atoms with Crippen molar-refractivity contribution in [3.63, 3.8) is 0 Å². The van der Waals surface area contributed by atoms with Gasteiger partial charge >= 0.3 is 12.0 Å². The van der Waals surface area contributed by atoms with Crippen LogP contribution in [-0.2, 0) is 23.9 Å². The van der Waals surface area contributed by atoms with E-state index in [2.05, 4.69) is 16.0 Å². The second-order valence-corrected chi connectivity index (χ2v) is 8.62. The van der Waals surface area contributed by atoms with Crippen LogP contribution in [0.4, 0.5) is 4.79 Å². The zero-order valence-electron chi connectivity index (χ0n) is 17.6. The van der Waals surface area contributed by atoms with Crippen LogP contribution in [0.2, 0.25) is 0 Å². The molecule has 1 aromatic carbocycles. The number of carbonyl (C=O) groups is 5. The zero-order chi connectivity index (χ0) is 24.3. The molecule has 13 heteroatoms. The van der Waals surface area contributed by atoms with E-state index in [1.807, 2.05) is 0 Å². The number of ether oxygens (including phenoxy) is 1. The Hall–Kier alpha value is -3.74. The smallest absolute Gasteiger partial charge is 0.352 e. The highest BCUT2D eigenvalue weighted by molar-refractivity contribution is 8.00. The van der Waals surface area contributed by atoms with E-state index >= 15 is 0 Å². The van der Waals surface area contributed by atoms with Gasteiger partial charge in [0, 0.05) is 17.4 Å². The quantitative estimate of drug-likeness (QED) is 0.196. The predicted molar refractivity (Wildman–Crippen MR) is 114 cm³/mol. The fourth-order valence-corrected chi connectivity index (χ4v) is 4.73. The van der Waals surface area contributed by atoms with E-state index in [0.717, 1.165) is 16.7 Å². The number of aromatic hydroxyl groups is 1. The minimum atomic E-state index is -1.99. The van der Waals surface area contributed by atoms with Crippen molar-refractivity contribution in [3.05, 3.63) is 41.6 Å². The Morgan fingerprint density at radius 3 is 2.48 bits per heavy atom. The summed E-state index contributed by atoms with van der Waals surface area (Å²) in [7, 11) is 0. The summed E-state index contributed by atoms with van der Waals surface area (Å²) in [6.07, 6.45) is -0.143. The second-order valence-electron chi connectivity index (χ2n) is 7.51. The second kappa shape index (κ2) is 9.40. The monoisotopic (exact) mass is 478 g/mol. The fourth-order valence-electron chi connectivity index (χ4n) is 3.47. The number of benzene rings is 1. The number of phenolic OH excluding ortho intramolecular Hbond substituents is 1. The Morgan fingerprint density at radius 1 is 1.24 bits per heavy atom. The van der Waals surface area contributed by atoms with Crippen molar-refractivity contribution in [2.75, 3.05) is 5.75 Å². The van der Waals surface area contributed by atoms with Crippen molar-refractivity contribution in [1.29, 1.82) is 0 Å². The molecule has 3 rings (SSSR count). The Labute approximate surface area is 192 Å². The van der Waals surface area contributed by atoms with Gasteiger partial charge in [0.2, 0.25) is 11.8 Å². The molecule has 0 radical (unpaired) electrons. The maximum Gasteiger partial charge on any atom is 0.352 e. The van der Waals surface area contributed by atoms with E-state index in [0.29, 0.717) is 0 Å². The molecule has 176 valence electrons. The summed E-state index contributed by atoms with van der Waals surface area (Å²) in [5, 5.41) is 25.4. The van der Waals surface area contributed by atoms with Crippen LogP contribution in [0.5, 0.6) is 5.75 Å². The molecule has 2 aliphatic rings. The van der Waals surface area contributed by atoms with Crippen molar-refractivity contribution in [2.24, 2.45) is 0 Å². The lowest BCUT2D eigenvalue weighted by Gasteiger charge is -2.56. The van der Waals surface area contributed by atoms with Crippen LogP contribution in [-0.4, -0.2) is 68.2 Å².